The molecule has 0 aliphatic carbocycles. The van der Waals surface area contributed by atoms with Crippen LogP contribution >= 0.6 is 0 Å². The molecule has 1 aromatic rings. The van der Waals surface area contributed by atoms with Crippen LogP contribution in [0.15, 0.2) is 4.52 Å². The maximum Gasteiger partial charge on any atom is 0.246 e. The minimum absolute atomic E-state index is 0.0461. The van der Waals surface area contributed by atoms with Crippen LogP contribution in [0.4, 0.5) is 0 Å². The largest absolute Gasteiger partial charge is 0.381 e. The third-order valence-corrected chi connectivity index (χ3v) is 3.20. The number of ether oxygens (including phenoxy) is 2. The lowest BCUT2D eigenvalue weighted by Gasteiger charge is -2.20. The number of aromatic nitrogens is 2. The monoisotopic (exact) mass is 239 g/mol. The van der Waals surface area contributed by atoms with Gasteiger partial charge in [0.1, 0.15) is 6.04 Å². The van der Waals surface area contributed by atoms with Crippen LogP contribution in [0.3, 0.4) is 0 Å². The van der Waals surface area contributed by atoms with E-state index in [0.29, 0.717) is 18.4 Å². The standard InChI is InChI=1S/C11H17N3O3/c1-3-15-6-8(1)5-10-13-11(17-14-10)9-7-16-4-2-12-9/h8-9,12H,1-7H2. The summed E-state index contributed by atoms with van der Waals surface area (Å²) < 4.78 is 16.0. The summed E-state index contributed by atoms with van der Waals surface area (Å²) in [6.07, 6.45) is 1.94. The number of rotatable bonds is 3. The van der Waals surface area contributed by atoms with Gasteiger partial charge in [-0.05, 0) is 12.3 Å². The van der Waals surface area contributed by atoms with Crippen molar-refractivity contribution in [1.29, 1.82) is 0 Å². The Morgan fingerprint density at radius 2 is 2.18 bits per heavy atom. The molecule has 2 aliphatic rings. The van der Waals surface area contributed by atoms with Crippen molar-refractivity contribution in [1.82, 2.24) is 15.5 Å². The van der Waals surface area contributed by atoms with Gasteiger partial charge in [0.05, 0.1) is 13.2 Å². The summed E-state index contributed by atoms with van der Waals surface area (Å²) in [6.45, 7) is 3.85. The Bertz CT molecular complexity index is 357. The normalized spacial score (nSPS) is 29.6. The Hall–Kier alpha value is -0.980. The highest BCUT2D eigenvalue weighted by Gasteiger charge is 2.23. The molecule has 2 unspecified atom stereocenters. The Morgan fingerprint density at radius 3 is 2.94 bits per heavy atom. The topological polar surface area (TPSA) is 69.4 Å². The molecule has 3 heterocycles. The number of nitrogens with one attached hydrogen (secondary N) is 1. The third-order valence-electron chi connectivity index (χ3n) is 3.20. The molecule has 1 N–H and O–H groups in total. The average molecular weight is 239 g/mol. The molecule has 2 aliphatic heterocycles. The van der Waals surface area contributed by atoms with Crippen molar-refractivity contribution < 1.29 is 14.0 Å². The third kappa shape index (κ3) is 2.65. The smallest absolute Gasteiger partial charge is 0.246 e. The zero-order valence-corrected chi connectivity index (χ0v) is 9.72. The summed E-state index contributed by atoms with van der Waals surface area (Å²) in [5.74, 6) is 1.96. The molecule has 2 saturated heterocycles. The van der Waals surface area contributed by atoms with Crippen LogP contribution in [0.1, 0.15) is 24.2 Å². The van der Waals surface area contributed by atoms with E-state index in [1.807, 2.05) is 0 Å². The van der Waals surface area contributed by atoms with E-state index in [0.717, 1.165) is 45.0 Å². The summed E-state index contributed by atoms with van der Waals surface area (Å²) in [4.78, 5) is 4.42. The molecule has 0 saturated carbocycles. The fraction of sp³-hybridized carbons (Fsp3) is 0.818. The van der Waals surface area contributed by atoms with Gasteiger partial charge in [-0.2, -0.15) is 4.98 Å². The van der Waals surface area contributed by atoms with Crippen molar-refractivity contribution in [3.63, 3.8) is 0 Å². The predicted molar refractivity (Wildman–Crippen MR) is 58.5 cm³/mol. The minimum atomic E-state index is 0.0461. The Balaban J connectivity index is 1.60. The first kappa shape index (κ1) is 11.1. The van der Waals surface area contributed by atoms with Gasteiger partial charge in [-0.3, -0.25) is 0 Å². The van der Waals surface area contributed by atoms with Crippen molar-refractivity contribution in [2.45, 2.75) is 18.9 Å². The molecule has 0 bridgehead atoms. The van der Waals surface area contributed by atoms with Crippen LogP contribution < -0.4 is 5.32 Å². The lowest BCUT2D eigenvalue weighted by atomic mass is 10.1. The molecule has 2 atom stereocenters. The maximum absolute atomic E-state index is 5.37. The maximum atomic E-state index is 5.37. The summed E-state index contributed by atoms with van der Waals surface area (Å²) >= 11 is 0. The highest BCUT2D eigenvalue weighted by atomic mass is 16.5. The van der Waals surface area contributed by atoms with Crippen LogP contribution in [0.25, 0.3) is 0 Å². The van der Waals surface area contributed by atoms with Crippen LogP contribution in [0, 0.1) is 5.92 Å². The molecule has 0 amide bonds. The molecule has 0 spiro atoms. The van der Waals surface area contributed by atoms with Gasteiger partial charge in [0.15, 0.2) is 5.82 Å². The molecule has 17 heavy (non-hydrogen) atoms. The molecule has 6 nitrogen and oxygen atoms in total. The second kappa shape index (κ2) is 5.12. The van der Waals surface area contributed by atoms with Crippen molar-refractivity contribution >= 4 is 0 Å². The van der Waals surface area contributed by atoms with E-state index in [4.69, 9.17) is 14.0 Å². The quantitative estimate of drug-likeness (QED) is 0.818. The lowest BCUT2D eigenvalue weighted by molar-refractivity contribution is 0.0659. The minimum Gasteiger partial charge on any atom is -0.381 e. The van der Waals surface area contributed by atoms with Gasteiger partial charge in [0.25, 0.3) is 0 Å². The predicted octanol–water partition coefficient (Wildman–Crippen LogP) is 0.309. The summed E-state index contributed by atoms with van der Waals surface area (Å²) in [5, 5.41) is 7.31. The highest BCUT2D eigenvalue weighted by molar-refractivity contribution is 4.95. The summed E-state index contributed by atoms with van der Waals surface area (Å²) in [7, 11) is 0. The molecule has 2 fully saturated rings. The SMILES string of the molecule is C1COCC(c2nc(CC3CCOC3)no2)N1. The zero-order valence-electron chi connectivity index (χ0n) is 9.72. The van der Waals surface area contributed by atoms with E-state index in [-0.39, 0.29) is 6.04 Å². The first-order chi connectivity index (χ1) is 8.42. The first-order valence-electron chi connectivity index (χ1n) is 6.13. The van der Waals surface area contributed by atoms with Gasteiger partial charge < -0.3 is 19.3 Å². The zero-order chi connectivity index (χ0) is 11.5. The molecule has 0 radical (unpaired) electrons. The Labute approximate surface area is 99.7 Å². The Kier molecular flexibility index (Phi) is 3.35. The van der Waals surface area contributed by atoms with Crippen LogP contribution in [-0.2, 0) is 15.9 Å². The van der Waals surface area contributed by atoms with Crippen molar-refractivity contribution in [2.24, 2.45) is 5.92 Å². The van der Waals surface area contributed by atoms with Gasteiger partial charge in [-0.25, -0.2) is 0 Å². The second-order valence-electron chi connectivity index (χ2n) is 4.56. The van der Waals surface area contributed by atoms with E-state index >= 15 is 0 Å². The van der Waals surface area contributed by atoms with Gasteiger partial charge in [0, 0.05) is 26.2 Å². The summed E-state index contributed by atoms with van der Waals surface area (Å²) in [6, 6.07) is 0.0461. The van der Waals surface area contributed by atoms with E-state index in [9.17, 15) is 0 Å². The highest BCUT2D eigenvalue weighted by Crippen LogP contribution is 2.18. The molecular weight excluding hydrogens is 222 g/mol. The molecule has 6 heteroatoms. The Morgan fingerprint density at radius 1 is 1.24 bits per heavy atom. The van der Waals surface area contributed by atoms with E-state index in [1.165, 1.54) is 0 Å². The fourth-order valence-electron chi connectivity index (χ4n) is 2.22. The van der Waals surface area contributed by atoms with Crippen LogP contribution in [0.2, 0.25) is 0 Å². The summed E-state index contributed by atoms with van der Waals surface area (Å²) in [5.41, 5.74) is 0. The molecular formula is C11H17N3O3. The van der Waals surface area contributed by atoms with Gasteiger partial charge in [-0.1, -0.05) is 5.16 Å². The molecule has 3 rings (SSSR count). The number of morpholine rings is 1. The van der Waals surface area contributed by atoms with Gasteiger partial charge in [0.2, 0.25) is 5.89 Å². The fourth-order valence-corrected chi connectivity index (χ4v) is 2.22. The number of nitrogens with zero attached hydrogens (tertiary/aromatic N) is 2. The first-order valence-corrected chi connectivity index (χ1v) is 6.13. The van der Waals surface area contributed by atoms with Gasteiger partial charge in [-0.15, -0.1) is 0 Å². The van der Waals surface area contributed by atoms with E-state index in [1.54, 1.807) is 0 Å². The van der Waals surface area contributed by atoms with Crippen molar-refractivity contribution in [3.05, 3.63) is 11.7 Å². The van der Waals surface area contributed by atoms with E-state index < -0.39 is 0 Å². The number of hydrogen-bond acceptors (Lipinski definition) is 6. The van der Waals surface area contributed by atoms with Crippen LogP contribution in [-0.4, -0.2) is 43.1 Å². The molecule has 1 aromatic heterocycles. The molecule has 0 aromatic carbocycles. The lowest BCUT2D eigenvalue weighted by Crippen LogP contribution is -2.34. The number of hydrogen-bond donors (Lipinski definition) is 1. The van der Waals surface area contributed by atoms with Crippen LogP contribution in [0.5, 0.6) is 0 Å². The average Bonchev–Trinajstić information content (AvgIpc) is 3.02. The van der Waals surface area contributed by atoms with E-state index in [2.05, 4.69) is 15.5 Å². The van der Waals surface area contributed by atoms with Crippen molar-refractivity contribution in [3.8, 4) is 0 Å². The molecule has 94 valence electrons. The van der Waals surface area contributed by atoms with Gasteiger partial charge >= 0.3 is 0 Å². The second-order valence-corrected chi connectivity index (χ2v) is 4.56. The van der Waals surface area contributed by atoms with Crippen molar-refractivity contribution in [2.75, 3.05) is 33.0 Å².